The Labute approximate surface area is 109 Å². The van der Waals surface area contributed by atoms with E-state index in [9.17, 15) is 0 Å². The molecule has 0 fully saturated rings. The van der Waals surface area contributed by atoms with Gasteiger partial charge in [0.15, 0.2) is 0 Å². The topological polar surface area (TPSA) is 42.1 Å². The minimum absolute atomic E-state index is 0.761. The standard InChI is InChI=1S/C15H21N3/c1-3-18(4-2)11-10-13-9-8-12-6-5-7-14(16)15(12)17-13/h5-9H,3-4,10-11,16H2,1-2H3. The van der Waals surface area contributed by atoms with Crippen LogP contribution in [0.4, 0.5) is 5.69 Å². The predicted molar refractivity (Wildman–Crippen MR) is 77.6 cm³/mol. The van der Waals surface area contributed by atoms with Gasteiger partial charge in [-0.2, -0.15) is 0 Å². The molecular formula is C15H21N3. The second-order valence-electron chi connectivity index (χ2n) is 4.50. The van der Waals surface area contributed by atoms with E-state index in [2.05, 4.69) is 35.9 Å². The Balaban J connectivity index is 2.17. The highest BCUT2D eigenvalue weighted by atomic mass is 15.1. The Morgan fingerprint density at radius 1 is 1.11 bits per heavy atom. The van der Waals surface area contributed by atoms with E-state index in [1.165, 1.54) is 0 Å². The predicted octanol–water partition coefficient (Wildman–Crippen LogP) is 2.70. The van der Waals surface area contributed by atoms with Crippen molar-refractivity contribution in [3.05, 3.63) is 36.0 Å². The van der Waals surface area contributed by atoms with Gasteiger partial charge in [0, 0.05) is 24.0 Å². The SMILES string of the molecule is CCN(CC)CCc1ccc2cccc(N)c2n1. The fourth-order valence-electron chi connectivity index (χ4n) is 2.16. The Morgan fingerprint density at radius 2 is 1.89 bits per heavy atom. The molecule has 0 saturated carbocycles. The van der Waals surface area contributed by atoms with Gasteiger partial charge in [-0.3, -0.25) is 4.98 Å². The van der Waals surface area contributed by atoms with Crippen molar-refractivity contribution in [3.63, 3.8) is 0 Å². The Bertz CT molecular complexity index is 518. The van der Waals surface area contributed by atoms with Crippen LogP contribution >= 0.6 is 0 Å². The molecule has 0 unspecified atom stereocenters. The average Bonchev–Trinajstić information content (AvgIpc) is 2.41. The smallest absolute Gasteiger partial charge is 0.0934 e. The first-order chi connectivity index (χ1) is 8.74. The number of benzene rings is 1. The third-order valence-electron chi connectivity index (χ3n) is 3.39. The van der Waals surface area contributed by atoms with Crippen molar-refractivity contribution < 1.29 is 0 Å². The molecule has 0 amide bonds. The summed E-state index contributed by atoms with van der Waals surface area (Å²) in [5, 5.41) is 1.11. The molecule has 0 radical (unpaired) electrons. The highest BCUT2D eigenvalue weighted by molar-refractivity contribution is 5.89. The Hall–Kier alpha value is -1.61. The van der Waals surface area contributed by atoms with Crippen LogP contribution in [0.15, 0.2) is 30.3 Å². The summed E-state index contributed by atoms with van der Waals surface area (Å²) < 4.78 is 0. The van der Waals surface area contributed by atoms with Crippen molar-refractivity contribution in [2.45, 2.75) is 20.3 Å². The summed E-state index contributed by atoms with van der Waals surface area (Å²) >= 11 is 0. The summed E-state index contributed by atoms with van der Waals surface area (Å²) in [6.45, 7) is 7.61. The summed E-state index contributed by atoms with van der Waals surface area (Å²) in [5.41, 5.74) is 8.77. The number of fused-ring (bicyclic) bond motifs is 1. The largest absolute Gasteiger partial charge is 0.397 e. The minimum Gasteiger partial charge on any atom is -0.397 e. The summed E-state index contributed by atoms with van der Waals surface area (Å²) in [5.74, 6) is 0. The number of rotatable bonds is 5. The van der Waals surface area contributed by atoms with Crippen molar-refractivity contribution in [1.82, 2.24) is 9.88 Å². The van der Waals surface area contributed by atoms with Crippen LogP contribution in [-0.2, 0) is 6.42 Å². The van der Waals surface area contributed by atoms with E-state index in [-0.39, 0.29) is 0 Å². The summed E-state index contributed by atoms with van der Waals surface area (Å²) in [6.07, 6.45) is 0.978. The fourth-order valence-corrected chi connectivity index (χ4v) is 2.16. The molecule has 0 spiro atoms. The first-order valence-electron chi connectivity index (χ1n) is 6.61. The number of likely N-dealkylation sites (N-methyl/N-ethyl adjacent to an activating group) is 1. The highest BCUT2D eigenvalue weighted by Crippen LogP contribution is 2.19. The number of para-hydroxylation sites is 1. The number of aromatic nitrogens is 1. The van der Waals surface area contributed by atoms with E-state index in [0.717, 1.165) is 48.3 Å². The Morgan fingerprint density at radius 3 is 2.61 bits per heavy atom. The third kappa shape index (κ3) is 2.79. The van der Waals surface area contributed by atoms with Gasteiger partial charge in [-0.05, 0) is 25.2 Å². The van der Waals surface area contributed by atoms with Gasteiger partial charge in [0.25, 0.3) is 0 Å². The lowest BCUT2D eigenvalue weighted by Crippen LogP contribution is -2.25. The quantitative estimate of drug-likeness (QED) is 0.821. The van der Waals surface area contributed by atoms with E-state index in [1.54, 1.807) is 0 Å². The Kier molecular flexibility index (Phi) is 4.15. The first-order valence-corrected chi connectivity index (χ1v) is 6.61. The molecule has 3 nitrogen and oxygen atoms in total. The zero-order valence-corrected chi connectivity index (χ0v) is 11.2. The molecule has 3 heteroatoms. The second kappa shape index (κ2) is 5.83. The molecule has 1 aromatic carbocycles. The van der Waals surface area contributed by atoms with Gasteiger partial charge in [-0.15, -0.1) is 0 Å². The molecule has 0 saturated heterocycles. The van der Waals surface area contributed by atoms with Crippen LogP contribution in [0, 0.1) is 0 Å². The minimum atomic E-state index is 0.761. The summed E-state index contributed by atoms with van der Waals surface area (Å²) in [7, 11) is 0. The lowest BCUT2D eigenvalue weighted by Gasteiger charge is -2.17. The van der Waals surface area contributed by atoms with E-state index < -0.39 is 0 Å². The maximum absolute atomic E-state index is 5.96. The van der Waals surface area contributed by atoms with Crippen LogP contribution in [-0.4, -0.2) is 29.5 Å². The van der Waals surface area contributed by atoms with Crippen LogP contribution in [0.1, 0.15) is 19.5 Å². The van der Waals surface area contributed by atoms with Crippen molar-refractivity contribution >= 4 is 16.6 Å². The van der Waals surface area contributed by atoms with E-state index in [0.29, 0.717) is 0 Å². The normalized spacial score (nSPS) is 11.3. The van der Waals surface area contributed by atoms with Crippen LogP contribution in [0.5, 0.6) is 0 Å². The molecule has 0 aliphatic carbocycles. The highest BCUT2D eigenvalue weighted by Gasteiger charge is 2.04. The van der Waals surface area contributed by atoms with Crippen molar-refractivity contribution in [3.8, 4) is 0 Å². The number of hydrogen-bond donors (Lipinski definition) is 1. The average molecular weight is 243 g/mol. The third-order valence-corrected chi connectivity index (χ3v) is 3.39. The molecule has 2 N–H and O–H groups in total. The van der Waals surface area contributed by atoms with Gasteiger partial charge < -0.3 is 10.6 Å². The van der Waals surface area contributed by atoms with E-state index in [4.69, 9.17) is 5.73 Å². The number of nitrogen functional groups attached to an aromatic ring is 1. The maximum atomic E-state index is 5.96. The molecule has 2 aromatic rings. The number of anilines is 1. The molecule has 18 heavy (non-hydrogen) atoms. The molecule has 1 aromatic heterocycles. The zero-order valence-electron chi connectivity index (χ0n) is 11.2. The molecular weight excluding hydrogens is 222 g/mol. The van der Waals surface area contributed by atoms with E-state index >= 15 is 0 Å². The van der Waals surface area contributed by atoms with Gasteiger partial charge in [0.05, 0.1) is 11.2 Å². The van der Waals surface area contributed by atoms with Crippen molar-refractivity contribution in [2.24, 2.45) is 0 Å². The molecule has 0 aliphatic heterocycles. The zero-order chi connectivity index (χ0) is 13.0. The van der Waals surface area contributed by atoms with Gasteiger partial charge in [0.2, 0.25) is 0 Å². The maximum Gasteiger partial charge on any atom is 0.0934 e. The molecule has 96 valence electrons. The molecule has 0 aliphatic rings. The number of nitrogens with two attached hydrogens (primary N) is 1. The fraction of sp³-hybridized carbons (Fsp3) is 0.400. The lowest BCUT2D eigenvalue weighted by molar-refractivity contribution is 0.307. The van der Waals surface area contributed by atoms with E-state index in [1.807, 2.05) is 18.2 Å². The molecule has 0 atom stereocenters. The first kappa shape index (κ1) is 12.8. The summed E-state index contributed by atoms with van der Waals surface area (Å²) in [6, 6.07) is 10.1. The summed E-state index contributed by atoms with van der Waals surface area (Å²) in [4.78, 5) is 7.07. The second-order valence-corrected chi connectivity index (χ2v) is 4.50. The number of hydrogen-bond acceptors (Lipinski definition) is 3. The molecule has 2 rings (SSSR count). The van der Waals surface area contributed by atoms with Crippen LogP contribution < -0.4 is 5.73 Å². The van der Waals surface area contributed by atoms with Crippen LogP contribution in [0.2, 0.25) is 0 Å². The molecule has 0 bridgehead atoms. The van der Waals surface area contributed by atoms with Gasteiger partial charge in [0.1, 0.15) is 0 Å². The molecule has 1 heterocycles. The van der Waals surface area contributed by atoms with Crippen molar-refractivity contribution in [1.29, 1.82) is 0 Å². The van der Waals surface area contributed by atoms with Gasteiger partial charge in [-0.1, -0.05) is 32.0 Å². The van der Waals surface area contributed by atoms with Gasteiger partial charge in [-0.25, -0.2) is 0 Å². The number of pyridine rings is 1. The van der Waals surface area contributed by atoms with Gasteiger partial charge >= 0.3 is 0 Å². The lowest BCUT2D eigenvalue weighted by atomic mass is 10.1. The van der Waals surface area contributed by atoms with Crippen LogP contribution in [0.3, 0.4) is 0 Å². The van der Waals surface area contributed by atoms with Crippen molar-refractivity contribution in [2.75, 3.05) is 25.4 Å². The monoisotopic (exact) mass is 243 g/mol. The number of nitrogens with zero attached hydrogens (tertiary/aromatic N) is 2. The van der Waals surface area contributed by atoms with Crippen LogP contribution in [0.25, 0.3) is 10.9 Å².